The quantitative estimate of drug-likeness (QED) is 0.605. The van der Waals surface area contributed by atoms with Crippen LogP contribution in [-0.2, 0) is 0 Å². The highest BCUT2D eigenvalue weighted by Crippen LogP contribution is 2.09. The molecule has 1 rings (SSSR count). The lowest BCUT2D eigenvalue weighted by molar-refractivity contribution is 0.296. The van der Waals surface area contributed by atoms with E-state index in [0.717, 1.165) is 0 Å². The molecule has 0 radical (unpaired) electrons. The predicted octanol–water partition coefficient (Wildman–Crippen LogP) is 1.84. The Morgan fingerprint density at radius 1 is 1.30 bits per heavy atom. The summed E-state index contributed by atoms with van der Waals surface area (Å²) in [5, 5.41) is 0. The van der Waals surface area contributed by atoms with E-state index in [-0.39, 0.29) is 0 Å². The molecule has 0 amide bonds. The first-order valence-electron chi connectivity index (χ1n) is 4.23. The van der Waals surface area contributed by atoms with Gasteiger partial charge in [0.15, 0.2) is 0 Å². The molecular formula is C8H17NS. The molecule has 1 nitrogen and oxygen atoms in total. The van der Waals surface area contributed by atoms with Crippen molar-refractivity contribution in [1.29, 1.82) is 0 Å². The Labute approximate surface area is 68.2 Å². The standard InChI is InChI=1S/C8H17NS/c1-2-4-9-5-3-7-10-8-6-9/h2-8H2,1H3. The third kappa shape index (κ3) is 2.93. The molecule has 0 spiro atoms. The van der Waals surface area contributed by atoms with Crippen LogP contribution in [0.4, 0.5) is 0 Å². The van der Waals surface area contributed by atoms with E-state index in [4.69, 9.17) is 0 Å². The lowest BCUT2D eigenvalue weighted by Gasteiger charge is -2.17. The van der Waals surface area contributed by atoms with Crippen LogP contribution in [0.15, 0.2) is 0 Å². The Balaban J connectivity index is 2.15. The average Bonchev–Trinajstić information content (AvgIpc) is 2.17. The van der Waals surface area contributed by atoms with Gasteiger partial charge in [0.1, 0.15) is 0 Å². The van der Waals surface area contributed by atoms with Crippen LogP contribution in [-0.4, -0.2) is 36.0 Å². The van der Waals surface area contributed by atoms with Gasteiger partial charge in [0.25, 0.3) is 0 Å². The molecular weight excluding hydrogens is 142 g/mol. The monoisotopic (exact) mass is 159 g/mol. The second-order valence-electron chi connectivity index (χ2n) is 2.81. The molecule has 1 heterocycles. The molecule has 10 heavy (non-hydrogen) atoms. The fraction of sp³-hybridized carbons (Fsp3) is 1.00. The zero-order chi connectivity index (χ0) is 7.23. The number of thioether (sulfide) groups is 1. The lowest BCUT2D eigenvalue weighted by atomic mass is 10.3. The molecule has 2 heteroatoms. The van der Waals surface area contributed by atoms with E-state index >= 15 is 0 Å². The molecule has 0 aromatic rings. The Hall–Kier alpha value is 0.310. The van der Waals surface area contributed by atoms with Gasteiger partial charge in [-0.1, -0.05) is 6.92 Å². The Morgan fingerprint density at radius 3 is 3.00 bits per heavy atom. The van der Waals surface area contributed by atoms with Gasteiger partial charge in [-0.15, -0.1) is 0 Å². The summed E-state index contributed by atoms with van der Waals surface area (Å²) in [5.41, 5.74) is 0. The highest BCUT2D eigenvalue weighted by molar-refractivity contribution is 7.99. The van der Waals surface area contributed by atoms with Crippen molar-refractivity contribution < 1.29 is 0 Å². The smallest absolute Gasteiger partial charge is 0.00723 e. The second-order valence-corrected chi connectivity index (χ2v) is 4.03. The molecule has 0 aromatic carbocycles. The molecule has 0 bridgehead atoms. The van der Waals surface area contributed by atoms with Gasteiger partial charge >= 0.3 is 0 Å². The SMILES string of the molecule is CCCN1CCCSCC1. The number of nitrogens with zero attached hydrogens (tertiary/aromatic N) is 1. The fourth-order valence-corrected chi connectivity index (χ4v) is 2.26. The highest BCUT2D eigenvalue weighted by Gasteiger charge is 2.06. The van der Waals surface area contributed by atoms with Gasteiger partial charge in [-0.3, -0.25) is 0 Å². The van der Waals surface area contributed by atoms with Crippen LogP contribution in [0.1, 0.15) is 19.8 Å². The summed E-state index contributed by atoms with van der Waals surface area (Å²) < 4.78 is 0. The molecule has 1 fully saturated rings. The molecule has 0 N–H and O–H groups in total. The Bertz CT molecular complexity index is 77.3. The first-order valence-corrected chi connectivity index (χ1v) is 5.39. The second kappa shape index (κ2) is 5.03. The summed E-state index contributed by atoms with van der Waals surface area (Å²) in [6, 6.07) is 0. The third-order valence-corrected chi connectivity index (χ3v) is 2.90. The normalized spacial score (nSPS) is 22.5. The number of rotatable bonds is 2. The van der Waals surface area contributed by atoms with Gasteiger partial charge in [-0.2, -0.15) is 11.8 Å². The maximum atomic E-state index is 2.58. The fourth-order valence-electron chi connectivity index (χ4n) is 1.34. The Morgan fingerprint density at radius 2 is 2.20 bits per heavy atom. The molecule has 0 aliphatic carbocycles. The highest BCUT2D eigenvalue weighted by atomic mass is 32.2. The maximum absolute atomic E-state index is 2.58. The summed E-state index contributed by atoms with van der Waals surface area (Å²) >= 11 is 2.10. The third-order valence-electron chi connectivity index (χ3n) is 1.85. The first kappa shape index (κ1) is 8.41. The minimum absolute atomic E-state index is 1.31. The van der Waals surface area contributed by atoms with Gasteiger partial charge in [-0.05, 0) is 31.7 Å². The van der Waals surface area contributed by atoms with E-state index in [0.29, 0.717) is 0 Å². The van der Waals surface area contributed by atoms with Crippen molar-refractivity contribution in [3.63, 3.8) is 0 Å². The molecule has 1 saturated heterocycles. The largest absolute Gasteiger partial charge is 0.302 e. The van der Waals surface area contributed by atoms with Crippen molar-refractivity contribution in [3.8, 4) is 0 Å². The van der Waals surface area contributed by atoms with Crippen molar-refractivity contribution in [2.75, 3.05) is 31.1 Å². The van der Waals surface area contributed by atoms with E-state index in [1.54, 1.807) is 0 Å². The zero-order valence-corrected chi connectivity index (χ0v) is 7.62. The van der Waals surface area contributed by atoms with Crippen LogP contribution in [0.25, 0.3) is 0 Å². The van der Waals surface area contributed by atoms with Gasteiger partial charge < -0.3 is 4.90 Å². The van der Waals surface area contributed by atoms with Crippen molar-refractivity contribution in [1.82, 2.24) is 4.90 Å². The minimum atomic E-state index is 1.31. The van der Waals surface area contributed by atoms with E-state index in [9.17, 15) is 0 Å². The lowest BCUT2D eigenvalue weighted by Crippen LogP contribution is -2.26. The van der Waals surface area contributed by atoms with Gasteiger partial charge in [0, 0.05) is 12.3 Å². The maximum Gasteiger partial charge on any atom is 0.00723 e. The van der Waals surface area contributed by atoms with Crippen LogP contribution in [0.5, 0.6) is 0 Å². The number of hydrogen-bond donors (Lipinski definition) is 0. The molecule has 0 unspecified atom stereocenters. The van der Waals surface area contributed by atoms with Crippen LogP contribution < -0.4 is 0 Å². The molecule has 1 aliphatic rings. The van der Waals surface area contributed by atoms with Crippen molar-refractivity contribution in [3.05, 3.63) is 0 Å². The summed E-state index contributed by atoms with van der Waals surface area (Å²) in [4.78, 5) is 2.58. The molecule has 60 valence electrons. The average molecular weight is 159 g/mol. The molecule has 1 aliphatic heterocycles. The van der Waals surface area contributed by atoms with E-state index in [2.05, 4.69) is 23.6 Å². The molecule has 0 atom stereocenters. The van der Waals surface area contributed by atoms with Gasteiger partial charge in [0.2, 0.25) is 0 Å². The van der Waals surface area contributed by atoms with Crippen LogP contribution in [0.3, 0.4) is 0 Å². The predicted molar refractivity (Wildman–Crippen MR) is 48.7 cm³/mol. The van der Waals surface area contributed by atoms with E-state index in [1.165, 1.54) is 44.0 Å². The molecule has 0 saturated carbocycles. The first-order chi connectivity index (χ1) is 4.93. The molecule has 0 aromatic heterocycles. The van der Waals surface area contributed by atoms with E-state index < -0.39 is 0 Å². The summed E-state index contributed by atoms with van der Waals surface area (Å²) in [6.07, 6.45) is 2.70. The van der Waals surface area contributed by atoms with Crippen molar-refractivity contribution >= 4 is 11.8 Å². The summed E-state index contributed by atoms with van der Waals surface area (Å²) in [7, 11) is 0. The van der Waals surface area contributed by atoms with Crippen LogP contribution >= 0.6 is 11.8 Å². The number of hydrogen-bond acceptors (Lipinski definition) is 2. The van der Waals surface area contributed by atoms with Gasteiger partial charge in [-0.25, -0.2) is 0 Å². The van der Waals surface area contributed by atoms with Crippen LogP contribution in [0.2, 0.25) is 0 Å². The topological polar surface area (TPSA) is 3.24 Å². The summed E-state index contributed by atoms with van der Waals surface area (Å²) in [6.45, 7) is 6.22. The van der Waals surface area contributed by atoms with Gasteiger partial charge in [0.05, 0.1) is 0 Å². The minimum Gasteiger partial charge on any atom is -0.302 e. The zero-order valence-electron chi connectivity index (χ0n) is 6.81. The summed E-state index contributed by atoms with van der Waals surface area (Å²) in [5.74, 6) is 2.72. The van der Waals surface area contributed by atoms with Crippen molar-refractivity contribution in [2.24, 2.45) is 0 Å². The van der Waals surface area contributed by atoms with Crippen molar-refractivity contribution in [2.45, 2.75) is 19.8 Å². The van der Waals surface area contributed by atoms with Crippen LogP contribution in [0, 0.1) is 0 Å². The Kier molecular flexibility index (Phi) is 4.23. The van der Waals surface area contributed by atoms with E-state index in [1.807, 2.05) is 0 Å².